The van der Waals surface area contributed by atoms with Gasteiger partial charge in [0.25, 0.3) is 5.69 Å². The highest BCUT2D eigenvalue weighted by atomic mass is 16.6. The Morgan fingerprint density at radius 2 is 2.04 bits per heavy atom. The SMILES string of the molecule is COc1ccc(NC(=O)C2CCCN2Cc2cccc([N+](=O)[O-])c2C)cc1. The van der Waals surface area contributed by atoms with Gasteiger partial charge in [-0.15, -0.1) is 0 Å². The number of ether oxygens (including phenoxy) is 1. The minimum absolute atomic E-state index is 0.0549. The topological polar surface area (TPSA) is 84.7 Å². The molecule has 0 spiro atoms. The van der Waals surface area contributed by atoms with E-state index in [2.05, 4.69) is 10.2 Å². The Morgan fingerprint density at radius 3 is 2.70 bits per heavy atom. The number of nitro benzene ring substituents is 1. The summed E-state index contributed by atoms with van der Waals surface area (Å²) in [4.78, 5) is 25.6. The summed E-state index contributed by atoms with van der Waals surface area (Å²) in [6.07, 6.45) is 1.70. The van der Waals surface area contributed by atoms with E-state index in [-0.39, 0.29) is 22.6 Å². The Kier molecular flexibility index (Phi) is 5.71. The molecule has 7 nitrogen and oxygen atoms in total. The molecule has 1 N–H and O–H groups in total. The number of nitrogens with zero attached hydrogens (tertiary/aromatic N) is 2. The number of nitrogens with one attached hydrogen (secondary N) is 1. The van der Waals surface area contributed by atoms with Gasteiger partial charge in [-0.1, -0.05) is 12.1 Å². The lowest BCUT2D eigenvalue weighted by Gasteiger charge is -2.24. The third-order valence-corrected chi connectivity index (χ3v) is 5.01. The van der Waals surface area contributed by atoms with Gasteiger partial charge in [0.1, 0.15) is 5.75 Å². The molecule has 2 aromatic carbocycles. The van der Waals surface area contributed by atoms with Gasteiger partial charge in [-0.05, 0) is 56.1 Å². The minimum Gasteiger partial charge on any atom is -0.497 e. The van der Waals surface area contributed by atoms with Crippen LogP contribution in [-0.4, -0.2) is 35.4 Å². The van der Waals surface area contributed by atoms with E-state index in [1.807, 2.05) is 6.07 Å². The van der Waals surface area contributed by atoms with Gasteiger partial charge in [0, 0.05) is 23.9 Å². The number of carbonyl (C=O) groups is 1. The fourth-order valence-corrected chi connectivity index (χ4v) is 3.47. The smallest absolute Gasteiger partial charge is 0.272 e. The number of rotatable bonds is 6. The summed E-state index contributed by atoms with van der Waals surface area (Å²) < 4.78 is 5.13. The average Bonchev–Trinajstić information content (AvgIpc) is 3.12. The van der Waals surface area contributed by atoms with Gasteiger partial charge in [0.15, 0.2) is 0 Å². The molecule has 3 rings (SSSR count). The number of likely N-dealkylation sites (tertiary alicyclic amines) is 1. The quantitative estimate of drug-likeness (QED) is 0.622. The number of benzene rings is 2. The second-order valence-corrected chi connectivity index (χ2v) is 6.66. The van der Waals surface area contributed by atoms with Crippen molar-refractivity contribution in [2.45, 2.75) is 32.4 Å². The molecule has 142 valence electrons. The maximum Gasteiger partial charge on any atom is 0.272 e. The van der Waals surface area contributed by atoms with Crippen molar-refractivity contribution in [2.24, 2.45) is 0 Å². The molecule has 1 heterocycles. The molecule has 1 amide bonds. The predicted molar refractivity (Wildman–Crippen MR) is 103 cm³/mol. The van der Waals surface area contributed by atoms with Gasteiger partial charge in [-0.25, -0.2) is 0 Å². The van der Waals surface area contributed by atoms with Crippen molar-refractivity contribution >= 4 is 17.3 Å². The number of hydrogen-bond donors (Lipinski definition) is 1. The summed E-state index contributed by atoms with van der Waals surface area (Å²) >= 11 is 0. The molecule has 27 heavy (non-hydrogen) atoms. The molecular weight excluding hydrogens is 346 g/mol. The molecule has 1 aliphatic rings. The second kappa shape index (κ2) is 8.18. The minimum atomic E-state index is -0.364. The number of anilines is 1. The van der Waals surface area contributed by atoms with Crippen LogP contribution in [0.1, 0.15) is 24.0 Å². The summed E-state index contributed by atoms with van der Waals surface area (Å²) in [6.45, 7) is 3.08. The van der Waals surface area contributed by atoms with E-state index in [1.54, 1.807) is 44.4 Å². The lowest BCUT2D eigenvalue weighted by atomic mass is 10.1. The van der Waals surface area contributed by atoms with Gasteiger partial charge < -0.3 is 10.1 Å². The summed E-state index contributed by atoms with van der Waals surface area (Å²) in [5.74, 6) is 0.678. The molecular formula is C20H23N3O4. The summed E-state index contributed by atoms with van der Waals surface area (Å²) in [7, 11) is 1.60. The Hall–Kier alpha value is -2.93. The van der Waals surface area contributed by atoms with Crippen molar-refractivity contribution < 1.29 is 14.5 Å². The Labute approximate surface area is 158 Å². The van der Waals surface area contributed by atoms with E-state index in [1.165, 1.54) is 6.07 Å². The van der Waals surface area contributed by atoms with Crippen LogP contribution in [-0.2, 0) is 11.3 Å². The lowest BCUT2D eigenvalue weighted by Crippen LogP contribution is -2.39. The molecule has 0 saturated carbocycles. The highest BCUT2D eigenvalue weighted by molar-refractivity contribution is 5.95. The lowest BCUT2D eigenvalue weighted by molar-refractivity contribution is -0.385. The molecule has 1 fully saturated rings. The molecule has 0 bridgehead atoms. The van der Waals surface area contributed by atoms with Crippen LogP contribution in [0.15, 0.2) is 42.5 Å². The highest BCUT2D eigenvalue weighted by Crippen LogP contribution is 2.26. The molecule has 1 aliphatic heterocycles. The predicted octanol–water partition coefficient (Wildman–Crippen LogP) is 3.51. The van der Waals surface area contributed by atoms with Crippen LogP contribution in [0.2, 0.25) is 0 Å². The Bertz CT molecular complexity index is 836. The Balaban J connectivity index is 1.70. The van der Waals surface area contributed by atoms with Crippen molar-refractivity contribution in [1.29, 1.82) is 0 Å². The first-order chi connectivity index (χ1) is 13.0. The number of hydrogen-bond acceptors (Lipinski definition) is 5. The molecule has 1 unspecified atom stereocenters. The van der Waals surface area contributed by atoms with E-state index < -0.39 is 0 Å². The maximum absolute atomic E-state index is 12.7. The van der Waals surface area contributed by atoms with Gasteiger partial charge in [0.05, 0.1) is 18.1 Å². The van der Waals surface area contributed by atoms with Crippen molar-refractivity contribution in [3.05, 3.63) is 63.7 Å². The fourth-order valence-electron chi connectivity index (χ4n) is 3.47. The van der Waals surface area contributed by atoms with Crippen LogP contribution < -0.4 is 10.1 Å². The largest absolute Gasteiger partial charge is 0.497 e. The zero-order valence-corrected chi connectivity index (χ0v) is 15.5. The van der Waals surface area contributed by atoms with Crippen molar-refractivity contribution in [3.63, 3.8) is 0 Å². The summed E-state index contributed by atoms with van der Waals surface area (Å²) in [6, 6.07) is 12.1. The molecule has 7 heteroatoms. The maximum atomic E-state index is 12.7. The van der Waals surface area contributed by atoms with Crippen LogP contribution in [0.25, 0.3) is 0 Å². The zero-order chi connectivity index (χ0) is 19.4. The standard InChI is InChI=1S/C20H23N3O4/c1-14-15(5-3-6-18(14)23(25)26)13-22-12-4-7-19(22)20(24)21-16-8-10-17(27-2)11-9-16/h3,5-6,8-11,19H,4,7,12-13H2,1-2H3,(H,21,24). The van der Waals surface area contributed by atoms with Gasteiger partial charge >= 0.3 is 0 Å². The first-order valence-corrected chi connectivity index (χ1v) is 8.91. The van der Waals surface area contributed by atoms with Crippen LogP contribution in [0, 0.1) is 17.0 Å². The molecule has 0 aromatic heterocycles. The number of nitro groups is 1. The number of amides is 1. The molecule has 2 aromatic rings. The van der Waals surface area contributed by atoms with E-state index >= 15 is 0 Å². The first kappa shape index (κ1) is 18.8. The molecule has 0 aliphatic carbocycles. The van der Waals surface area contributed by atoms with E-state index in [9.17, 15) is 14.9 Å². The zero-order valence-electron chi connectivity index (χ0n) is 15.5. The second-order valence-electron chi connectivity index (χ2n) is 6.66. The van der Waals surface area contributed by atoms with E-state index in [0.29, 0.717) is 12.1 Å². The third kappa shape index (κ3) is 4.25. The highest BCUT2D eigenvalue weighted by Gasteiger charge is 2.31. The number of methoxy groups -OCH3 is 1. The monoisotopic (exact) mass is 369 g/mol. The fraction of sp³-hybridized carbons (Fsp3) is 0.350. The number of carbonyl (C=O) groups excluding carboxylic acids is 1. The Morgan fingerprint density at radius 1 is 1.30 bits per heavy atom. The van der Waals surface area contributed by atoms with Crippen molar-refractivity contribution in [3.8, 4) is 5.75 Å². The van der Waals surface area contributed by atoms with Crippen LogP contribution in [0.3, 0.4) is 0 Å². The van der Waals surface area contributed by atoms with E-state index in [4.69, 9.17) is 4.74 Å². The third-order valence-electron chi connectivity index (χ3n) is 5.01. The van der Waals surface area contributed by atoms with Gasteiger partial charge in [-0.2, -0.15) is 0 Å². The molecule has 1 atom stereocenters. The van der Waals surface area contributed by atoms with E-state index in [0.717, 1.165) is 36.4 Å². The first-order valence-electron chi connectivity index (χ1n) is 8.91. The van der Waals surface area contributed by atoms with Gasteiger partial charge in [-0.3, -0.25) is 19.8 Å². The summed E-state index contributed by atoms with van der Waals surface area (Å²) in [5.41, 5.74) is 2.38. The van der Waals surface area contributed by atoms with Crippen molar-refractivity contribution in [2.75, 3.05) is 19.0 Å². The average molecular weight is 369 g/mol. The molecule has 1 saturated heterocycles. The van der Waals surface area contributed by atoms with Crippen LogP contribution >= 0.6 is 0 Å². The summed E-state index contributed by atoms with van der Waals surface area (Å²) in [5, 5.41) is 14.1. The van der Waals surface area contributed by atoms with Crippen LogP contribution in [0.4, 0.5) is 11.4 Å². The van der Waals surface area contributed by atoms with Crippen molar-refractivity contribution in [1.82, 2.24) is 4.90 Å². The van der Waals surface area contributed by atoms with Gasteiger partial charge in [0.2, 0.25) is 5.91 Å². The molecule has 0 radical (unpaired) electrons. The normalized spacial score (nSPS) is 16.9. The van der Waals surface area contributed by atoms with Crippen LogP contribution in [0.5, 0.6) is 5.75 Å².